The van der Waals surface area contributed by atoms with Crippen molar-refractivity contribution in [2.24, 2.45) is 16.7 Å². The number of aryl methyl sites for hydroxylation is 1. The first-order valence-electron chi connectivity index (χ1n) is 9.28. The van der Waals surface area contributed by atoms with Crippen molar-refractivity contribution in [2.75, 3.05) is 11.1 Å². The normalized spacial score (nSPS) is 30.2. The molecule has 2 amide bonds. The number of hydrogen-bond acceptors (Lipinski definition) is 5. The Bertz CT molecular complexity index is 702. The molecule has 7 heteroatoms. The molecule has 1 heterocycles. The molecule has 144 valence electrons. The number of nitrogens with one attached hydrogen (secondary N) is 2. The molecule has 4 atom stereocenters. The minimum absolute atomic E-state index is 0.0153. The monoisotopic (exact) mass is 379 g/mol. The molecule has 2 aliphatic rings. The summed E-state index contributed by atoms with van der Waals surface area (Å²) in [5, 5.41) is 9.34. The molecule has 0 unspecified atom stereocenters. The number of hydrogen-bond donors (Lipinski definition) is 2. The first-order chi connectivity index (χ1) is 12.1. The van der Waals surface area contributed by atoms with Gasteiger partial charge in [0.05, 0.1) is 11.0 Å². The van der Waals surface area contributed by atoms with Crippen LogP contribution in [0.2, 0.25) is 0 Å². The van der Waals surface area contributed by atoms with Crippen LogP contribution < -0.4 is 10.6 Å². The fourth-order valence-corrected chi connectivity index (χ4v) is 5.28. The highest BCUT2D eigenvalue weighted by Gasteiger charge is 2.61. The second-order valence-corrected chi connectivity index (χ2v) is 9.82. The van der Waals surface area contributed by atoms with Gasteiger partial charge < -0.3 is 15.2 Å². The maximum Gasteiger partial charge on any atom is 0.238 e. The number of nitrogens with zero attached hydrogens (tertiary/aromatic N) is 1. The lowest BCUT2D eigenvalue weighted by atomic mass is 9.69. The van der Waals surface area contributed by atoms with Gasteiger partial charge in [0, 0.05) is 12.1 Å². The standard InChI is InChI=1S/C19H29N3O3S/c1-11-8-15(22-25-11)21-17(24)12(2)26-10-16(23)20-14-9-13-6-7-19(14,5)18(13,3)4/h8,12-14H,6-7,9-10H2,1-5H3,(H,20,23)(H,21,22,24)/t12-,13+,14-,19+/m0/s1. The maximum absolute atomic E-state index is 12.4. The Hall–Kier alpha value is -1.50. The van der Waals surface area contributed by atoms with E-state index in [0.29, 0.717) is 17.5 Å². The molecule has 2 bridgehead atoms. The van der Waals surface area contributed by atoms with Crippen LogP contribution in [0.1, 0.15) is 52.7 Å². The van der Waals surface area contributed by atoms with Gasteiger partial charge in [-0.25, -0.2) is 0 Å². The Kier molecular flexibility index (Phi) is 5.12. The molecule has 3 rings (SSSR count). The molecule has 0 spiro atoms. The van der Waals surface area contributed by atoms with E-state index >= 15 is 0 Å². The molecule has 1 aromatic rings. The van der Waals surface area contributed by atoms with Crippen molar-refractivity contribution in [2.45, 2.75) is 65.2 Å². The molecule has 26 heavy (non-hydrogen) atoms. The number of anilines is 1. The van der Waals surface area contributed by atoms with Crippen molar-refractivity contribution < 1.29 is 14.1 Å². The van der Waals surface area contributed by atoms with Crippen LogP contribution in [0.3, 0.4) is 0 Å². The summed E-state index contributed by atoms with van der Waals surface area (Å²) >= 11 is 1.34. The van der Waals surface area contributed by atoms with Crippen LogP contribution in [0.4, 0.5) is 5.82 Å². The Morgan fingerprint density at radius 2 is 2.15 bits per heavy atom. The fourth-order valence-electron chi connectivity index (χ4n) is 4.59. The summed E-state index contributed by atoms with van der Waals surface area (Å²) in [5.74, 6) is 1.86. The zero-order valence-electron chi connectivity index (χ0n) is 16.2. The lowest BCUT2D eigenvalue weighted by Crippen LogP contribution is -2.47. The summed E-state index contributed by atoms with van der Waals surface area (Å²) in [4.78, 5) is 24.6. The number of fused-ring (bicyclic) bond motifs is 2. The first-order valence-corrected chi connectivity index (χ1v) is 10.3. The van der Waals surface area contributed by atoms with Gasteiger partial charge in [-0.05, 0) is 49.9 Å². The lowest BCUT2D eigenvalue weighted by molar-refractivity contribution is -0.120. The predicted molar refractivity (Wildman–Crippen MR) is 103 cm³/mol. The van der Waals surface area contributed by atoms with Gasteiger partial charge in [0.1, 0.15) is 5.76 Å². The summed E-state index contributed by atoms with van der Waals surface area (Å²) in [6.07, 6.45) is 3.52. The molecule has 2 saturated carbocycles. The van der Waals surface area contributed by atoms with Crippen molar-refractivity contribution in [1.82, 2.24) is 10.5 Å². The summed E-state index contributed by atoms with van der Waals surface area (Å²) in [6, 6.07) is 1.91. The minimum atomic E-state index is -0.343. The van der Waals surface area contributed by atoms with Gasteiger partial charge in [0.15, 0.2) is 5.82 Å². The molecule has 2 aliphatic carbocycles. The summed E-state index contributed by atoms with van der Waals surface area (Å²) < 4.78 is 4.93. The fraction of sp³-hybridized carbons (Fsp3) is 0.737. The van der Waals surface area contributed by atoms with E-state index < -0.39 is 0 Å². The van der Waals surface area contributed by atoms with E-state index in [2.05, 4.69) is 36.6 Å². The topological polar surface area (TPSA) is 84.2 Å². The van der Waals surface area contributed by atoms with Crippen LogP contribution in [0.25, 0.3) is 0 Å². The molecule has 2 N–H and O–H groups in total. The van der Waals surface area contributed by atoms with Crippen molar-refractivity contribution in [3.05, 3.63) is 11.8 Å². The highest BCUT2D eigenvalue weighted by molar-refractivity contribution is 8.01. The predicted octanol–water partition coefficient (Wildman–Crippen LogP) is 3.37. The van der Waals surface area contributed by atoms with Crippen molar-refractivity contribution >= 4 is 29.4 Å². The third-order valence-corrected chi connectivity index (χ3v) is 7.99. The second kappa shape index (κ2) is 6.91. The molecular weight excluding hydrogens is 350 g/mol. The van der Waals surface area contributed by atoms with Gasteiger partial charge in [0.2, 0.25) is 11.8 Å². The molecule has 1 aromatic heterocycles. The number of thioether (sulfide) groups is 1. The van der Waals surface area contributed by atoms with Gasteiger partial charge >= 0.3 is 0 Å². The van der Waals surface area contributed by atoms with E-state index in [1.807, 2.05) is 0 Å². The highest BCUT2D eigenvalue weighted by atomic mass is 32.2. The minimum Gasteiger partial charge on any atom is -0.360 e. The van der Waals surface area contributed by atoms with Gasteiger partial charge in [-0.2, -0.15) is 0 Å². The van der Waals surface area contributed by atoms with Gasteiger partial charge in [-0.1, -0.05) is 25.9 Å². The van der Waals surface area contributed by atoms with Crippen LogP contribution >= 0.6 is 11.8 Å². The number of aromatic nitrogens is 1. The van der Waals surface area contributed by atoms with E-state index in [-0.39, 0.29) is 39.7 Å². The largest absolute Gasteiger partial charge is 0.360 e. The average Bonchev–Trinajstić information content (AvgIpc) is 3.13. The van der Waals surface area contributed by atoms with Gasteiger partial charge in [0.25, 0.3) is 0 Å². The Balaban J connectivity index is 1.46. The first kappa shape index (κ1) is 19.3. The van der Waals surface area contributed by atoms with E-state index in [1.165, 1.54) is 24.6 Å². The summed E-state index contributed by atoms with van der Waals surface area (Å²) in [6.45, 7) is 10.5. The quantitative estimate of drug-likeness (QED) is 0.792. The zero-order valence-corrected chi connectivity index (χ0v) is 17.0. The Morgan fingerprint density at radius 3 is 2.69 bits per heavy atom. The second-order valence-electron chi connectivity index (χ2n) is 8.50. The Labute approximate surface area is 159 Å². The molecular formula is C19H29N3O3S. The Morgan fingerprint density at radius 1 is 1.42 bits per heavy atom. The third kappa shape index (κ3) is 3.38. The highest BCUT2D eigenvalue weighted by Crippen LogP contribution is 2.65. The van der Waals surface area contributed by atoms with Crippen molar-refractivity contribution in [3.8, 4) is 0 Å². The average molecular weight is 380 g/mol. The van der Waals surface area contributed by atoms with E-state index in [1.54, 1.807) is 19.9 Å². The van der Waals surface area contributed by atoms with E-state index in [0.717, 1.165) is 6.42 Å². The smallest absolute Gasteiger partial charge is 0.238 e. The van der Waals surface area contributed by atoms with E-state index in [4.69, 9.17) is 4.52 Å². The SMILES string of the molecule is Cc1cc(NC(=O)[C@H](C)SCC(=O)N[C@H]2C[C@H]3CC[C@@]2(C)C3(C)C)no1. The summed E-state index contributed by atoms with van der Waals surface area (Å²) in [7, 11) is 0. The summed E-state index contributed by atoms with van der Waals surface area (Å²) in [5.41, 5.74) is 0.451. The number of carbonyl (C=O) groups excluding carboxylic acids is 2. The van der Waals surface area contributed by atoms with Crippen molar-refractivity contribution in [1.29, 1.82) is 0 Å². The molecule has 0 saturated heterocycles. The molecule has 0 aromatic carbocycles. The molecule has 0 aliphatic heterocycles. The van der Waals surface area contributed by atoms with Crippen LogP contribution in [-0.2, 0) is 9.59 Å². The number of carbonyl (C=O) groups is 2. The number of amides is 2. The maximum atomic E-state index is 12.4. The van der Waals surface area contributed by atoms with Crippen LogP contribution in [-0.4, -0.2) is 34.0 Å². The zero-order chi connectivity index (χ0) is 19.1. The van der Waals surface area contributed by atoms with Crippen molar-refractivity contribution in [3.63, 3.8) is 0 Å². The third-order valence-electron chi connectivity index (χ3n) is 6.84. The lowest BCUT2D eigenvalue weighted by Gasteiger charge is -2.39. The van der Waals surface area contributed by atoms with Crippen LogP contribution in [0.15, 0.2) is 10.6 Å². The molecule has 0 radical (unpaired) electrons. The number of rotatable bonds is 6. The van der Waals surface area contributed by atoms with Crippen LogP contribution in [0.5, 0.6) is 0 Å². The van der Waals surface area contributed by atoms with Crippen LogP contribution in [0, 0.1) is 23.7 Å². The van der Waals surface area contributed by atoms with E-state index in [9.17, 15) is 9.59 Å². The van der Waals surface area contributed by atoms with Gasteiger partial charge in [-0.15, -0.1) is 11.8 Å². The molecule has 6 nitrogen and oxygen atoms in total. The molecule has 2 fully saturated rings. The van der Waals surface area contributed by atoms with Gasteiger partial charge in [-0.3, -0.25) is 9.59 Å².